The molecule has 1 heterocycles. The Morgan fingerprint density at radius 3 is 2.47 bits per heavy atom. The molecule has 0 saturated heterocycles. The molecule has 1 aromatic heterocycles. The fourth-order valence-corrected chi connectivity index (χ4v) is 2.59. The van der Waals surface area contributed by atoms with Gasteiger partial charge in [-0.1, -0.05) is 18.2 Å². The number of phenols is 1. The normalized spacial score (nSPS) is 10.9. The second-order valence-electron chi connectivity index (χ2n) is 3.39. The highest BCUT2D eigenvalue weighted by Gasteiger charge is 2.04. The minimum absolute atomic E-state index is 0.0197. The third-order valence-corrected chi connectivity index (χ3v) is 3.77. The molecule has 1 N–H and O–H groups in total. The minimum Gasteiger partial charge on any atom is -0.508 e. The highest BCUT2D eigenvalue weighted by molar-refractivity contribution is 9.11. The summed E-state index contributed by atoms with van der Waals surface area (Å²) < 4.78 is 0.943. The van der Waals surface area contributed by atoms with Crippen LogP contribution in [0, 0.1) is 0 Å². The Kier molecular flexibility index (Phi) is 3.76. The molecule has 0 aliphatic heterocycles. The molecule has 2 rings (SSSR count). The molecule has 0 aliphatic carbocycles. The van der Waals surface area contributed by atoms with Crippen LogP contribution in [-0.2, 0) is 0 Å². The average molecular weight is 309 g/mol. The summed E-state index contributed by atoms with van der Waals surface area (Å²) in [5, 5.41) is 9.12. The number of carbonyl (C=O) groups excluding carboxylic acids is 1. The Morgan fingerprint density at radius 1 is 1.18 bits per heavy atom. The van der Waals surface area contributed by atoms with Gasteiger partial charge < -0.3 is 5.11 Å². The highest BCUT2D eigenvalue weighted by Crippen LogP contribution is 2.23. The first-order chi connectivity index (χ1) is 8.15. The van der Waals surface area contributed by atoms with E-state index in [9.17, 15) is 4.79 Å². The number of hydrogen-bond acceptors (Lipinski definition) is 3. The molecule has 0 amide bonds. The number of hydrogen-bond donors (Lipinski definition) is 1. The van der Waals surface area contributed by atoms with Crippen molar-refractivity contribution in [3.63, 3.8) is 0 Å². The second kappa shape index (κ2) is 5.29. The molecular weight excluding hydrogens is 300 g/mol. The predicted octanol–water partition coefficient (Wildman–Crippen LogP) is 4.11. The third-order valence-electron chi connectivity index (χ3n) is 2.14. The van der Waals surface area contributed by atoms with Gasteiger partial charge in [-0.3, -0.25) is 4.79 Å². The number of allylic oxidation sites excluding steroid dienone is 1. The number of ketones is 1. The number of aromatic hydroxyl groups is 1. The zero-order chi connectivity index (χ0) is 12.3. The van der Waals surface area contributed by atoms with E-state index >= 15 is 0 Å². The molecule has 0 atom stereocenters. The van der Waals surface area contributed by atoms with Gasteiger partial charge in [-0.2, -0.15) is 0 Å². The van der Waals surface area contributed by atoms with Gasteiger partial charge in [-0.05, 0) is 51.8 Å². The van der Waals surface area contributed by atoms with Crippen LogP contribution < -0.4 is 0 Å². The van der Waals surface area contributed by atoms with E-state index in [0.717, 1.165) is 9.35 Å². The van der Waals surface area contributed by atoms with Gasteiger partial charge in [0.1, 0.15) is 5.75 Å². The zero-order valence-electron chi connectivity index (χ0n) is 8.76. The SMILES string of the molecule is O=C(/C=C/c1ccc(O)cc1)c1ccc(Br)s1. The van der Waals surface area contributed by atoms with Crippen molar-refractivity contribution >= 4 is 39.1 Å². The molecule has 0 unspecified atom stereocenters. The maximum absolute atomic E-state index is 11.8. The Hall–Kier alpha value is -1.39. The van der Waals surface area contributed by atoms with Crippen molar-refractivity contribution in [1.82, 2.24) is 0 Å². The maximum atomic E-state index is 11.8. The van der Waals surface area contributed by atoms with Crippen molar-refractivity contribution in [3.8, 4) is 5.75 Å². The van der Waals surface area contributed by atoms with Gasteiger partial charge in [0.2, 0.25) is 0 Å². The van der Waals surface area contributed by atoms with E-state index in [1.54, 1.807) is 36.4 Å². The van der Waals surface area contributed by atoms with Crippen LogP contribution in [0.5, 0.6) is 5.75 Å². The van der Waals surface area contributed by atoms with E-state index in [1.165, 1.54) is 17.4 Å². The van der Waals surface area contributed by atoms with E-state index in [1.807, 2.05) is 6.07 Å². The first-order valence-corrected chi connectivity index (χ1v) is 6.53. The summed E-state index contributed by atoms with van der Waals surface area (Å²) in [5.74, 6) is 0.199. The van der Waals surface area contributed by atoms with Crippen LogP contribution in [0.1, 0.15) is 15.2 Å². The summed E-state index contributed by atoms with van der Waals surface area (Å²) in [6.45, 7) is 0. The molecule has 0 spiro atoms. The summed E-state index contributed by atoms with van der Waals surface area (Å²) in [4.78, 5) is 12.5. The molecule has 86 valence electrons. The van der Waals surface area contributed by atoms with Crippen LogP contribution >= 0.6 is 27.3 Å². The van der Waals surface area contributed by atoms with E-state index in [4.69, 9.17) is 5.11 Å². The van der Waals surface area contributed by atoms with Crippen LogP contribution in [0.15, 0.2) is 46.3 Å². The van der Waals surface area contributed by atoms with Crippen LogP contribution in [0.3, 0.4) is 0 Å². The van der Waals surface area contributed by atoms with E-state index < -0.39 is 0 Å². The Balaban J connectivity index is 2.10. The molecule has 0 fully saturated rings. The number of rotatable bonds is 3. The summed E-state index contributed by atoms with van der Waals surface area (Å²) in [6, 6.07) is 10.3. The summed E-state index contributed by atoms with van der Waals surface area (Å²) in [7, 11) is 0. The minimum atomic E-state index is -0.0197. The van der Waals surface area contributed by atoms with E-state index in [2.05, 4.69) is 15.9 Å². The van der Waals surface area contributed by atoms with Gasteiger partial charge in [0.25, 0.3) is 0 Å². The summed E-state index contributed by atoms with van der Waals surface area (Å²) in [5.41, 5.74) is 0.881. The van der Waals surface area contributed by atoms with Gasteiger partial charge in [0, 0.05) is 0 Å². The summed E-state index contributed by atoms with van der Waals surface area (Å²) in [6.07, 6.45) is 3.26. The van der Waals surface area contributed by atoms with Gasteiger partial charge in [0.05, 0.1) is 8.66 Å². The highest BCUT2D eigenvalue weighted by atomic mass is 79.9. The van der Waals surface area contributed by atoms with Crippen LogP contribution in [-0.4, -0.2) is 10.9 Å². The number of halogens is 1. The number of carbonyl (C=O) groups is 1. The standard InChI is InChI=1S/C13H9BrO2S/c14-13-8-7-12(17-13)11(16)6-3-9-1-4-10(15)5-2-9/h1-8,15H/b6-3+. The van der Waals surface area contributed by atoms with Crippen molar-refractivity contribution in [2.75, 3.05) is 0 Å². The molecule has 4 heteroatoms. The number of phenolic OH excluding ortho intramolecular Hbond substituents is 1. The molecule has 0 radical (unpaired) electrons. The molecule has 2 nitrogen and oxygen atoms in total. The topological polar surface area (TPSA) is 37.3 Å². The molecule has 2 aromatic rings. The third kappa shape index (κ3) is 3.28. The van der Waals surface area contributed by atoms with Crippen LogP contribution in [0.4, 0.5) is 0 Å². The molecule has 1 aromatic carbocycles. The lowest BCUT2D eigenvalue weighted by Gasteiger charge is -1.93. The van der Waals surface area contributed by atoms with E-state index in [0.29, 0.717) is 4.88 Å². The monoisotopic (exact) mass is 308 g/mol. The van der Waals surface area contributed by atoms with Crippen molar-refractivity contribution in [3.05, 3.63) is 56.7 Å². The molecule has 17 heavy (non-hydrogen) atoms. The lowest BCUT2D eigenvalue weighted by molar-refractivity contribution is 0.105. The van der Waals surface area contributed by atoms with Crippen molar-refractivity contribution < 1.29 is 9.90 Å². The Labute approximate surface area is 111 Å². The smallest absolute Gasteiger partial charge is 0.195 e. The summed E-state index contributed by atoms with van der Waals surface area (Å²) >= 11 is 4.73. The largest absolute Gasteiger partial charge is 0.508 e. The van der Waals surface area contributed by atoms with Crippen LogP contribution in [0.25, 0.3) is 6.08 Å². The lowest BCUT2D eigenvalue weighted by atomic mass is 10.2. The Bertz CT molecular complexity index is 555. The van der Waals surface area contributed by atoms with Crippen molar-refractivity contribution in [2.45, 2.75) is 0 Å². The van der Waals surface area contributed by atoms with Gasteiger partial charge in [-0.25, -0.2) is 0 Å². The second-order valence-corrected chi connectivity index (χ2v) is 5.86. The molecule has 0 aliphatic rings. The van der Waals surface area contributed by atoms with E-state index in [-0.39, 0.29) is 11.5 Å². The first-order valence-electron chi connectivity index (χ1n) is 4.92. The zero-order valence-corrected chi connectivity index (χ0v) is 11.2. The number of benzene rings is 1. The molecule has 0 saturated carbocycles. The van der Waals surface area contributed by atoms with Gasteiger partial charge >= 0.3 is 0 Å². The van der Waals surface area contributed by atoms with Crippen LogP contribution in [0.2, 0.25) is 0 Å². The fourth-order valence-electron chi connectivity index (χ4n) is 1.29. The van der Waals surface area contributed by atoms with Crippen molar-refractivity contribution in [2.24, 2.45) is 0 Å². The number of thiophene rings is 1. The average Bonchev–Trinajstić information content (AvgIpc) is 2.75. The maximum Gasteiger partial charge on any atom is 0.195 e. The predicted molar refractivity (Wildman–Crippen MR) is 73.5 cm³/mol. The van der Waals surface area contributed by atoms with Crippen molar-refractivity contribution in [1.29, 1.82) is 0 Å². The molecule has 0 bridgehead atoms. The quantitative estimate of drug-likeness (QED) is 0.684. The Morgan fingerprint density at radius 2 is 1.88 bits per heavy atom. The fraction of sp³-hybridized carbons (Fsp3) is 0. The van der Waals surface area contributed by atoms with Gasteiger partial charge in [0.15, 0.2) is 5.78 Å². The molecular formula is C13H9BrO2S. The first kappa shape index (κ1) is 12.1. The lowest BCUT2D eigenvalue weighted by Crippen LogP contribution is -1.88. The van der Waals surface area contributed by atoms with Gasteiger partial charge in [-0.15, -0.1) is 11.3 Å².